The first kappa shape index (κ1) is 20.4. The second kappa shape index (κ2) is 8.68. The molecule has 144 valence electrons. The average Bonchev–Trinajstić information content (AvgIpc) is 2.62. The monoisotopic (exact) mass is 393 g/mol. The van der Waals surface area contributed by atoms with Crippen molar-refractivity contribution in [3.8, 4) is 11.5 Å². The molecule has 0 aromatic heterocycles. The van der Waals surface area contributed by atoms with Gasteiger partial charge in [0.15, 0.2) is 21.3 Å². The number of sulfone groups is 1. The molecule has 0 aliphatic carbocycles. The molecule has 0 saturated heterocycles. The van der Waals surface area contributed by atoms with Crippen LogP contribution in [0.2, 0.25) is 0 Å². The van der Waals surface area contributed by atoms with E-state index in [-0.39, 0.29) is 0 Å². The summed E-state index contributed by atoms with van der Waals surface area (Å²) in [6.07, 6.45) is 1.18. The molecule has 2 aromatic carbocycles. The molecule has 2 N–H and O–H groups in total. The van der Waals surface area contributed by atoms with E-state index in [4.69, 9.17) is 15.2 Å². The van der Waals surface area contributed by atoms with Crippen molar-refractivity contribution in [1.82, 2.24) is 0 Å². The fourth-order valence-electron chi connectivity index (χ4n) is 2.39. The van der Waals surface area contributed by atoms with E-state index in [0.717, 1.165) is 12.1 Å². The van der Waals surface area contributed by atoms with Crippen LogP contribution in [-0.4, -0.2) is 28.0 Å². The number of methoxy groups -OCH3 is 1. The normalized spacial score (nSPS) is 11.9. The highest BCUT2D eigenvalue weighted by molar-refractivity contribution is 7.95. The highest BCUT2D eigenvalue weighted by Crippen LogP contribution is 2.29. The Balaban J connectivity index is 2.41. The number of halogens is 1. The SMILES string of the molecule is CCOc1ccc(/C=C(\C(N)=O)S(=O)(=O)Cc2ccc(F)cc2)cc1OC. The first-order valence-electron chi connectivity index (χ1n) is 8.06. The molecule has 0 aliphatic heterocycles. The molecule has 6 nitrogen and oxygen atoms in total. The van der Waals surface area contributed by atoms with Crippen molar-refractivity contribution in [3.63, 3.8) is 0 Å². The van der Waals surface area contributed by atoms with Crippen molar-refractivity contribution < 1.29 is 27.1 Å². The van der Waals surface area contributed by atoms with Crippen LogP contribution in [0.1, 0.15) is 18.1 Å². The summed E-state index contributed by atoms with van der Waals surface area (Å²) >= 11 is 0. The van der Waals surface area contributed by atoms with Crippen LogP contribution in [0, 0.1) is 5.82 Å². The zero-order valence-electron chi connectivity index (χ0n) is 14.9. The van der Waals surface area contributed by atoms with Crippen molar-refractivity contribution in [1.29, 1.82) is 0 Å². The molecule has 1 amide bonds. The van der Waals surface area contributed by atoms with Crippen LogP contribution in [0.4, 0.5) is 4.39 Å². The van der Waals surface area contributed by atoms with Gasteiger partial charge in [0.25, 0.3) is 5.91 Å². The predicted molar refractivity (Wildman–Crippen MR) is 100 cm³/mol. The Morgan fingerprint density at radius 2 is 1.81 bits per heavy atom. The summed E-state index contributed by atoms with van der Waals surface area (Å²) in [5.41, 5.74) is 6.04. The maximum absolute atomic E-state index is 13.0. The second-order valence-electron chi connectivity index (χ2n) is 5.60. The van der Waals surface area contributed by atoms with E-state index < -0.39 is 32.2 Å². The van der Waals surface area contributed by atoms with Gasteiger partial charge in [0.2, 0.25) is 0 Å². The molecule has 0 heterocycles. The molecule has 2 aromatic rings. The molecule has 0 radical (unpaired) electrons. The van der Waals surface area contributed by atoms with E-state index in [1.54, 1.807) is 18.2 Å². The highest BCUT2D eigenvalue weighted by Gasteiger charge is 2.24. The number of rotatable bonds is 8. The fraction of sp³-hybridized carbons (Fsp3) is 0.211. The predicted octanol–water partition coefficient (Wildman–Crippen LogP) is 2.67. The summed E-state index contributed by atoms with van der Waals surface area (Å²) in [6.45, 7) is 2.25. The third kappa shape index (κ3) is 5.30. The maximum atomic E-state index is 13.0. The van der Waals surface area contributed by atoms with Gasteiger partial charge in [-0.2, -0.15) is 0 Å². The van der Waals surface area contributed by atoms with Crippen LogP contribution in [0.15, 0.2) is 47.4 Å². The van der Waals surface area contributed by atoms with Crippen LogP contribution in [0.25, 0.3) is 6.08 Å². The van der Waals surface area contributed by atoms with Gasteiger partial charge in [-0.05, 0) is 48.4 Å². The molecular formula is C19H20FNO5S. The second-order valence-corrected chi connectivity index (χ2v) is 7.56. The van der Waals surface area contributed by atoms with Crippen LogP contribution < -0.4 is 15.2 Å². The summed E-state index contributed by atoms with van der Waals surface area (Å²) in [5, 5.41) is 0. The number of carbonyl (C=O) groups is 1. The molecule has 0 fully saturated rings. The quantitative estimate of drug-likeness (QED) is 0.696. The Morgan fingerprint density at radius 1 is 1.15 bits per heavy atom. The lowest BCUT2D eigenvalue weighted by molar-refractivity contribution is -0.113. The highest BCUT2D eigenvalue weighted by atomic mass is 32.2. The Morgan fingerprint density at radius 3 is 2.37 bits per heavy atom. The molecule has 0 saturated carbocycles. The topological polar surface area (TPSA) is 95.7 Å². The number of carbonyl (C=O) groups excluding carboxylic acids is 1. The third-order valence-electron chi connectivity index (χ3n) is 3.63. The zero-order chi connectivity index (χ0) is 20.0. The smallest absolute Gasteiger partial charge is 0.260 e. The van der Waals surface area contributed by atoms with Gasteiger partial charge >= 0.3 is 0 Å². The minimum absolute atomic E-state index is 0.341. The summed E-state index contributed by atoms with van der Waals surface area (Å²) in [4.78, 5) is 11.2. The molecule has 0 aliphatic rings. The summed E-state index contributed by atoms with van der Waals surface area (Å²) < 4.78 is 48.9. The van der Waals surface area contributed by atoms with Gasteiger partial charge in [0.05, 0.1) is 19.5 Å². The number of amides is 1. The number of hydrogen-bond donors (Lipinski definition) is 1. The van der Waals surface area contributed by atoms with Crippen molar-refractivity contribution in [2.24, 2.45) is 5.73 Å². The molecule has 8 heteroatoms. The van der Waals surface area contributed by atoms with Crippen LogP contribution in [-0.2, 0) is 20.4 Å². The lowest BCUT2D eigenvalue weighted by Gasteiger charge is -2.11. The molecule has 0 unspecified atom stereocenters. The van der Waals surface area contributed by atoms with E-state index >= 15 is 0 Å². The molecule has 0 spiro atoms. The van der Waals surface area contributed by atoms with Crippen molar-refractivity contribution >= 4 is 21.8 Å². The van der Waals surface area contributed by atoms with Gasteiger partial charge in [0.1, 0.15) is 10.7 Å². The molecule has 27 heavy (non-hydrogen) atoms. The summed E-state index contributed by atoms with van der Waals surface area (Å²) in [7, 11) is -2.58. The summed E-state index contributed by atoms with van der Waals surface area (Å²) in [6, 6.07) is 9.72. The zero-order valence-corrected chi connectivity index (χ0v) is 15.8. The minimum Gasteiger partial charge on any atom is -0.493 e. The first-order chi connectivity index (χ1) is 12.8. The molecule has 0 bridgehead atoms. The number of benzene rings is 2. The number of hydrogen-bond acceptors (Lipinski definition) is 5. The largest absolute Gasteiger partial charge is 0.493 e. The maximum Gasteiger partial charge on any atom is 0.260 e. The van der Waals surface area contributed by atoms with Gasteiger partial charge < -0.3 is 15.2 Å². The Hall–Kier alpha value is -2.87. The fourth-order valence-corrected chi connectivity index (χ4v) is 3.80. The number of ether oxygens (including phenoxy) is 2. The van der Waals surface area contributed by atoms with E-state index in [9.17, 15) is 17.6 Å². The lowest BCUT2D eigenvalue weighted by Crippen LogP contribution is -2.22. The Kier molecular flexibility index (Phi) is 6.57. The molecule has 0 atom stereocenters. The summed E-state index contributed by atoms with van der Waals surface area (Å²) in [5.74, 6) is -1.15. The molecular weight excluding hydrogens is 373 g/mol. The minimum atomic E-state index is -4.03. The van der Waals surface area contributed by atoms with Gasteiger partial charge in [-0.3, -0.25) is 4.79 Å². The van der Waals surface area contributed by atoms with Crippen LogP contribution in [0.3, 0.4) is 0 Å². The first-order valence-corrected chi connectivity index (χ1v) is 9.71. The van der Waals surface area contributed by atoms with Gasteiger partial charge in [-0.15, -0.1) is 0 Å². The molecule has 2 rings (SSSR count). The van der Waals surface area contributed by atoms with E-state index in [1.165, 1.54) is 25.3 Å². The Bertz CT molecular complexity index is 953. The Labute approximate surface area is 157 Å². The van der Waals surface area contributed by atoms with Gasteiger partial charge in [-0.25, -0.2) is 12.8 Å². The van der Waals surface area contributed by atoms with Crippen molar-refractivity contribution in [3.05, 3.63) is 64.3 Å². The van der Waals surface area contributed by atoms with E-state index in [0.29, 0.717) is 29.2 Å². The van der Waals surface area contributed by atoms with Crippen LogP contribution >= 0.6 is 0 Å². The van der Waals surface area contributed by atoms with Crippen molar-refractivity contribution in [2.75, 3.05) is 13.7 Å². The standard InChI is InChI=1S/C19H20FNO5S/c1-3-26-16-9-6-14(10-17(16)25-2)11-18(19(21)22)27(23,24)12-13-4-7-15(20)8-5-13/h4-11H,3,12H2,1-2H3,(H2,21,22)/b18-11+. The van der Waals surface area contributed by atoms with Crippen LogP contribution in [0.5, 0.6) is 11.5 Å². The van der Waals surface area contributed by atoms with Gasteiger partial charge in [0, 0.05) is 0 Å². The van der Waals surface area contributed by atoms with E-state index in [1.807, 2.05) is 6.92 Å². The van der Waals surface area contributed by atoms with Gasteiger partial charge in [-0.1, -0.05) is 18.2 Å². The lowest BCUT2D eigenvalue weighted by atomic mass is 10.2. The third-order valence-corrected chi connectivity index (χ3v) is 5.34. The van der Waals surface area contributed by atoms with E-state index in [2.05, 4.69) is 0 Å². The average molecular weight is 393 g/mol. The van der Waals surface area contributed by atoms with Crippen molar-refractivity contribution in [2.45, 2.75) is 12.7 Å². The number of nitrogens with two attached hydrogens (primary N) is 1. The number of primary amides is 1.